The summed E-state index contributed by atoms with van der Waals surface area (Å²) < 4.78 is 11.9. The summed E-state index contributed by atoms with van der Waals surface area (Å²) in [4.78, 5) is 25.4. The molecule has 4 N–H and O–H groups in total. The molecule has 0 radical (unpaired) electrons. The van der Waals surface area contributed by atoms with Gasteiger partial charge < -0.3 is 24.8 Å². The van der Waals surface area contributed by atoms with Crippen molar-refractivity contribution >= 4 is 0 Å². The van der Waals surface area contributed by atoms with E-state index in [0.29, 0.717) is 0 Å². The predicted molar refractivity (Wildman–Crippen MR) is 74.1 cm³/mol. The van der Waals surface area contributed by atoms with Gasteiger partial charge in [0.25, 0.3) is 5.56 Å². The van der Waals surface area contributed by atoms with E-state index in [0.717, 1.165) is 16.8 Å². The zero-order chi connectivity index (χ0) is 16.5. The second kappa shape index (κ2) is 5.94. The van der Waals surface area contributed by atoms with Gasteiger partial charge in [0.15, 0.2) is 0 Å². The Bertz CT molecular complexity index is 642. The monoisotopic (exact) mass is 316 g/mol. The van der Waals surface area contributed by atoms with Gasteiger partial charge in [-0.15, -0.1) is 0 Å². The Morgan fingerprint density at radius 3 is 2.64 bits per heavy atom. The number of rotatable bonds is 5. The normalized spacial score (nSPS) is 35.0. The van der Waals surface area contributed by atoms with Crippen LogP contribution in [0.1, 0.15) is 20.3 Å². The summed E-state index contributed by atoms with van der Waals surface area (Å²) in [5.41, 5.74) is -3.21. The molecular formula is C13H20N2O7. The van der Waals surface area contributed by atoms with Crippen LogP contribution < -0.4 is 11.2 Å². The van der Waals surface area contributed by atoms with E-state index < -0.39 is 41.6 Å². The summed E-state index contributed by atoms with van der Waals surface area (Å²) >= 11 is 0. The van der Waals surface area contributed by atoms with E-state index in [1.165, 1.54) is 0 Å². The van der Waals surface area contributed by atoms with E-state index in [9.17, 15) is 24.9 Å². The quantitative estimate of drug-likeness (QED) is 0.465. The minimum Gasteiger partial charge on any atom is -0.394 e. The van der Waals surface area contributed by atoms with Gasteiger partial charge in [0.1, 0.15) is 12.2 Å². The van der Waals surface area contributed by atoms with Crippen LogP contribution in [-0.2, 0) is 15.2 Å². The average Bonchev–Trinajstić information content (AvgIpc) is 2.69. The zero-order valence-electron chi connectivity index (χ0n) is 12.4. The molecular weight excluding hydrogens is 296 g/mol. The summed E-state index contributed by atoms with van der Waals surface area (Å²) in [6, 6.07) is 1.09. The van der Waals surface area contributed by atoms with Crippen molar-refractivity contribution in [1.82, 2.24) is 9.55 Å². The first-order chi connectivity index (χ1) is 10.4. The summed E-state index contributed by atoms with van der Waals surface area (Å²) in [5, 5.41) is 30.5. The highest BCUT2D eigenvalue weighted by atomic mass is 16.7. The van der Waals surface area contributed by atoms with Gasteiger partial charge in [0.05, 0.1) is 6.61 Å². The minimum atomic E-state index is -2.26. The number of aromatic nitrogens is 2. The van der Waals surface area contributed by atoms with Gasteiger partial charge >= 0.3 is 5.69 Å². The molecule has 2 rings (SSSR count). The number of ether oxygens (including phenoxy) is 2. The first-order valence-corrected chi connectivity index (χ1v) is 7.01. The van der Waals surface area contributed by atoms with Gasteiger partial charge in [-0.2, -0.15) is 0 Å². The maximum absolute atomic E-state index is 12.1. The van der Waals surface area contributed by atoms with E-state index in [-0.39, 0.29) is 13.0 Å². The van der Waals surface area contributed by atoms with Crippen LogP contribution in [0.2, 0.25) is 0 Å². The second-order valence-corrected chi connectivity index (χ2v) is 5.03. The molecule has 0 bridgehead atoms. The average molecular weight is 316 g/mol. The fraction of sp³-hybridized carbons (Fsp3) is 0.692. The summed E-state index contributed by atoms with van der Waals surface area (Å²) in [5.74, 6) is -2.26. The summed E-state index contributed by atoms with van der Waals surface area (Å²) in [6.07, 6.45) is -1.52. The van der Waals surface area contributed by atoms with E-state index in [2.05, 4.69) is 4.98 Å². The first kappa shape index (κ1) is 16.8. The van der Waals surface area contributed by atoms with Gasteiger partial charge in [0.2, 0.25) is 11.5 Å². The Morgan fingerprint density at radius 1 is 1.45 bits per heavy atom. The van der Waals surface area contributed by atoms with Crippen LogP contribution in [0.15, 0.2) is 21.9 Å². The molecule has 0 saturated carbocycles. The number of nitrogens with one attached hydrogen (secondary N) is 1. The Labute approximate surface area is 125 Å². The third kappa shape index (κ3) is 2.22. The van der Waals surface area contributed by atoms with Crippen LogP contribution in [-0.4, -0.2) is 56.1 Å². The highest BCUT2D eigenvalue weighted by Crippen LogP contribution is 2.45. The number of aliphatic hydroxyl groups is 3. The molecule has 124 valence electrons. The van der Waals surface area contributed by atoms with Crippen molar-refractivity contribution in [3.05, 3.63) is 33.1 Å². The van der Waals surface area contributed by atoms with Crippen molar-refractivity contribution in [2.45, 2.75) is 44.0 Å². The second-order valence-electron chi connectivity index (χ2n) is 5.03. The molecule has 1 saturated heterocycles. The SMILES string of the molecule is CCO[C@@]1(O)[C@H](O)[C@@H](CO)O[C@@]1(CC)n1ccc(=O)[nH]c1=O. The lowest BCUT2D eigenvalue weighted by atomic mass is 9.95. The molecule has 1 fully saturated rings. The van der Waals surface area contributed by atoms with Crippen molar-refractivity contribution in [1.29, 1.82) is 0 Å². The molecule has 22 heavy (non-hydrogen) atoms. The molecule has 4 atom stereocenters. The fourth-order valence-electron chi connectivity index (χ4n) is 2.88. The van der Waals surface area contributed by atoms with Crippen molar-refractivity contribution in [2.75, 3.05) is 13.2 Å². The molecule has 0 aromatic carbocycles. The molecule has 2 heterocycles. The fourth-order valence-corrected chi connectivity index (χ4v) is 2.88. The standard InChI is InChI=1S/C13H20N2O7/c1-3-12(15-6-5-9(17)14-11(15)19)13(20,21-4-2)10(18)8(7-16)22-12/h5-6,8,10,16,18,20H,3-4,7H2,1-2H3,(H,14,17,19)/t8-,10-,12-,13+/m1/s1. The van der Waals surface area contributed by atoms with Gasteiger partial charge in [-0.25, -0.2) is 4.79 Å². The van der Waals surface area contributed by atoms with Crippen molar-refractivity contribution in [3.8, 4) is 0 Å². The molecule has 9 nitrogen and oxygen atoms in total. The van der Waals surface area contributed by atoms with E-state index in [1.54, 1.807) is 13.8 Å². The van der Waals surface area contributed by atoms with E-state index >= 15 is 0 Å². The number of hydrogen-bond donors (Lipinski definition) is 4. The smallest absolute Gasteiger partial charge is 0.330 e. The molecule has 1 aromatic rings. The van der Waals surface area contributed by atoms with Crippen LogP contribution in [0.25, 0.3) is 0 Å². The van der Waals surface area contributed by atoms with Crippen LogP contribution in [0.4, 0.5) is 0 Å². The summed E-state index contributed by atoms with van der Waals surface area (Å²) in [6.45, 7) is 2.69. The van der Waals surface area contributed by atoms with Crippen LogP contribution in [0.3, 0.4) is 0 Å². The number of aromatic amines is 1. The third-order valence-electron chi connectivity index (χ3n) is 3.90. The predicted octanol–water partition coefficient (Wildman–Crippen LogP) is -1.92. The lowest BCUT2D eigenvalue weighted by Crippen LogP contribution is -2.61. The number of hydrogen-bond acceptors (Lipinski definition) is 7. The Hall–Kier alpha value is -1.52. The molecule has 0 aliphatic carbocycles. The topological polar surface area (TPSA) is 134 Å². The van der Waals surface area contributed by atoms with Gasteiger partial charge in [-0.05, 0) is 13.3 Å². The third-order valence-corrected chi connectivity index (χ3v) is 3.90. The molecule has 1 aliphatic rings. The molecule has 1 aliphatic heterocycles. The van der Waals surface area contributed by atoms with E-state index in [4.69, 9.17) is 9.47 Å². The lowest BCUT2D eigenvalue weighted by molar-refractivity contribution is -0.323. The first-order valence-electron chi connectivity index (χ1n) is 7.01. The molecule has 0 spiro atoms. The highest BCUT2D eigenvalue weighted by Gasteiger charge is 2.67. The number of aliphatic hydroxyl groups excluding tert-OH is 2. The Kier molecular flexibility index (Phi) is 4.54. The molecule has 9 heteroatoms. The van der Waals surface area contributed by atoms with Gasteiger partial charge in [-0.1, -0.05) is 6.92 Å². The molecule has 0 amide bonds. The Balaban J connectivity index is 2.68. The highest BCUT2D eigenvalue weighted by molar-refractivity contribution is 5.06. The number of nitrogens with zero attached hydrogens (tertiary/aromatic N) is 1. The Morgan fingerprint density at radius 2 is 2.14 bits per heavy atom. The van der Waals surface area contributed by atoms with Crippen molar-refractivity contribution in [2.24, 2.45) is 0 Å². The molecule has 1 aromatic heterocycles. The minimum absolute atomic E-state index is 0.0366. The van der Waals surface area contributed by atoms with Crippen molar-refractivity contribution in [3.63, 3.8) is 0 Å². The molecule has 0 unspecified atom stereocenters. The summed E-state index contributed by atoms with van der Waals surface area (Å²) in [7, 11) is 0. The largest absolute Gasteiger partial charge is 0.394 e. The maximum Gasteiger partial charge on any atom is 0.330 e. The van der Waals surface area contributed by atoms with Gasteiger partial charge in [-0.3, -0.25) is 14.3 Å². The van der Waals surface area contributed by atoms with Crippen LogP contribution in [0, 0.1) is 0 Å². The maximum atomic E-state index is 12.1. The van der Waals surface area contributed by atoms with E-state index in [1.807, 2.05) is 0 Å². The van der Waals surface area contributed by atoms with Crippen LogP contribution >= 0.6 is 0 Å². The van der Waals surface area contributed by atoms with Gasteiger partial charge in [0, 0.05) is 18.9 Å². The zero-order valence-corrected chi connectivity index (χ0v) is 12.4. The lowest BCUT2D eigenvalue weighted by Gasteiger charge is -2.41. The van der Waals surface area contributed by atoms with Crippen LogP contribution in [0.5, 0.6) is 0 Å². The van der Waals surface area contributed by atoms with Crippen molar-refractivity contribution < 1.29 is 24.8 Å². The number of H-pyrrole nitrogens is 1.